The Morgan fingerprint density at radius 3 is 2.35 bits per heavy atom. The van der Waals surface area contributed by atoms with Crippen molar-refractivity contribution >= 4 is 28.4 Å². The second-order valence-electron chi connectivity index (χ2n) is 7.25. The first kappa shape index (κ1) is 19.3. The largest absolute Gasteiger partial charge is 0.360 e. The molecule has 0 radical (unpaired) electrons. The summed E-state index contributed by atoms with van der Waals surface area (Å²) in [6.07, 6.45) is 1.80. The average molecular weight is 425 g/mol. The molecule has 31 heavy (non-hydrogen) atoms. The molecule has 0 fully saturated rings. The number of fused-ring (bicyclic) bond motifs is 1. The van der Waals surface area contributed by atoms with E-state index in [2.05, 4.69) is 15.2 Å². The fourth-order valence-electron chi connectivity index (χ4n) is 3.68. The maximum absolute atomic E-state index is 13.7. The standard InChI is InChI=1S/C25H20N4OS/c1-29-24(18-12-6-3-7-13-18)27-28-25(29)31-23(17-10-4-2-5-11-17)22(30)20-16-26-21-15-9-8-14-19(20)21/h2-16,23,26H,1H3/t23-/m0/s1. The minimum Gasteiger partial charge on any atom is -0.360 e. The SMILES string of the molecule is Cn1c(S[C@H](C(=O)c2c[nH]c3ccccc23)c2ccccc2)nnc1-c1ccccc1. The summed E-state index contributed by atoms with van der Waals surface area (Å²) in [6.45, 7) is 0. The number of rotatable bonds is 6. The van der Waals surface area contributed by atoms with Crippen molar-refractivity contribution in [1.29, 1.82) is 0 Å². The number of nitrogens with zero attached hydrogens (tertiary/aromatic N) is 3. The van der Waals surface area contributed by atoms with Gasteiger partial charge < -0.3 is 9.55 Å². The number of ketones is 1. The van der Waals surface area contributed by atoms with Gasteiger partial charge in [0.25, 0.3) is 0 Å². The highest BCUT2D eigenvalue weighted by Crippen LogP contribution is 2.39. The number of carbonyl (C=O) groups is 1. The van der Waals surface area contributed by atoms with Crippen molar-refractivity contribution in [3.8, 4) is 11.4 Å². The maximum atomic E-state index is 13.7. The Bertz CT molecular complexity index is 1340. The molecule has 5 aromatic rings. The highest BCUT2D eigenvalue weighted by molar-refractivity contribution is 8.00. The Hall–Kier alpha value is -3.64. The van der Waals surface area contributed by atoms with Crippen LogP contribution in [0.3, 0.4) is 0 Å². The number of thioether (sulfide) groups is 1. The second kappa shape index (κ2) is 8.24. The van der Waals surface area contributed by atoms with Crippen molar-refractivity contribution < 1.29 is 4.79 Å². The van der Waals surface area contributed by atoms with Crippen LogP contribution >= 0.6 is 11.8 Å². The molecule has 6 heteroatoms. The molecule has 0 saturated carbocycles. The van der Waals surface area contributed by atoms with E-state index in [4.69, 9.17) is 0 Å². The summed E-state index contributed by atoms with van der Waals surface area (Å²) in [4.78, 5) is 16.9. The second-order valence-corrected chi connectivity index (χ2v) is 8.32. The molecule has 0 unspecified atom stereocenters. The van der Waals surface area contributed by atoms with Crippen molar-refractivity contribution in [1.82, 2.24) is 19.7 Å². The number of carbonyl (C=O) groups excluding carboxylic acids is 1. The minimum absolute atomic E-state index is 0.0397. The van der Waals surface area contributed by atoms with Gasteiger partial charge >= 0.3 is 0 Å². The van der Waals surface area contributed by atoms with Gasteiger partial charge in [-0.05, 0) is 11.6 Å². The molecule has 2 aromatic heterocycles. The first-order chi connectivity index (χ1) is 15.2. The Morgan fingerprint density at radius 1 is 0.903 bits per heavy atom. The smallest absolute Gasteiger partial charge is 0.192 e. The highest BCUT2D eigenvalue weighted by Gasteiger charge is 2.27. The number of Topliss-reactive ketones (excluding diaryl/α,β-unsaturated/α-hetero) is 1. The van der Waals surface area contributed by atoms with E-state index >= 15 is 0 Å². The molecular weight excluding hydrogens is 404 g/mol. The number of H-pyrrole nitrogens is 1. The molecule has 5 nitrogen and oxygen atoms in total. The molecule has 0 aliphatic heterocycles. The van der Waals surface area contributed by atoms with Crippen molar-refractivity contribution in [2.75, 3.05) is 0 Å². The molecule has 152 valence electrons. The molecule has 0 saturated heterocycles. The summed E-state index contributed by atoms with van der Waals surface area (Å²) < 4.78 is 1.94. The van der Waals surface area contributed by atoms with Gasteiger partial charge in [-0.3, -0.25) is 4.79 Å². The van der Waals surface area contributed by atoms with Crippen LogP contribution in [0.5, 0.6) is 0 Å². The lowest BCUT2D eigenvalue weighted by Gasteiger charge is -2.15. The summed E-state index contributed by atoms with van der Waals surface area (Å²) in [5.74, 6) is 0.812. The van der Waals surface area contributed by atoms with E-state index in [9.17, 15) is 4.79 Å². The predicted octanol–water partition coefficient (Wildman–Crippen LogP) is 5.68. The summed E-state index contributed by atoms with van der Waals surface area (Å²) in [5.41, 5.74) is 3.56. The zero-order valence-electron chi connectivity index (χ0n) is 16.9. The Kier molecular flexibility index (Phi) is 5.14. The van der Waals surface area contributed by atoms with Gasteiger partial charge in [0.2, 0.25) is 0 Å². The normalized spacial score (nSPS) is 12.2. The zero-order chi connectivity index (χ0) is 21.2. The van der Waals surface area contributed by atoms with Crippen LogP contribution in [0.1, 0.15) is 21.2 Å². The van der Waals surface area contributed by atoms with Crippen molar-refractivity contribution in [2.45, 2.75) is 10.4 Å². The van der Waals surface area contributed by atoms with Gasteiger partial charge in [0.15, 0.2) is 16.8 Å². The van der Waals surface area contributed by atoms with E-state index in [0.717, 1.165) is 27.9 Å². The molecule has 0 aliphatic rings. The fourth-order valence-corrected chi connectivity index (χ4v) is 4.75. The Morgan fingerprint density at radius 2 is 1.58 bits per heavy atom. The molecule has 5 rings (SSSR count). The summed E-state index contributed by atoms with van der Waals surface area (Å²) in [7, 11) is 1.93. The van der Waals surface area contributed by atoms with Crippen molar-refractivity contribution in [3.63, 3.8) is 0 Å². The van der Waals surface area contributed by atoms with E-state index in [-0.39, 0.29) is 5.78 Å². The number of hydrogen-bond acceptors (Lipinski definition) is 4. The van der Waals surface area contributed by atoms with E-state index in [1.807, 2.05) is 96.5 Å². The van der Waals surface area contributed by atoms with Crippen LogP contribution in [0.4, 0.5) is 0 Å². The Balaban J connectivity index is 1.54. The number of nitrogens with one attached hydrogen (secondary N) is 1. The molecule has 2 heterocycles. The monoisotopic (exact) mass is 424 g/mol. The van der Waals surface area contributed by atoms with Gasteiger partial charge in [0, 0.05) is 35.3 Å². The number of aromatic nitrogens is 4. The highest BCUT2D eigenvalue weighted by atomic mass is 32.2. The van der Waals surface area contributed by atoms with Crippen LogP contribution in [0.25, 0.3) is 22.3 Å². The van der Waals surface area contributed by atoms with Gasteiger partial charge in [-0.25, -0.2) is 0 Å². The molecule has 0 spiro atoms. The molecule has 0 aliphatic carbocycles. The van der Waals surface area contributed by atoms with E-state index in [0.29, 0.717) is 10.7 Å². The molecule has 0 amide bonds. The molecule has 1 N–H and O–H groups in total. The molecular formula is C25H20N4OS. The Labute approximate surface area is 184 Å². The van der Waals surface area contributed by atoms with Gasteiger partial charge in [0.1, 0.15) is 5.25 Å². The van der Waals surface area contributed by atoms with Gasteiger partial charge in [-0.1, -0.05) is 90.6 Å². The number of benzene rings is 3. The zero-order valence-corrected chi connectivity index (χ0v) is 17.7. The number of aromatic amines is 1. The average Bonchev–Trinajstić information content (AvgIpc) is 3.42. The van der Waals surface area contributed by atoms with Crippen LogP contribution < -0.4 is 0 Å². The van der Waals surface area contributed by atoms with E-state index < -0.39 is 5.25 Å². The molecule has 0 bridgehead atoms. The fraction of sp³-hybridized carbons (Fsp3) is 0.0800. The van der Waals surface area contributed by atoms with E-state index in [1.165, 1.54) is 11.8 Å². The lowest BCUT2D eigenvalue weighted by atomic mass is 10.0. The summed E-state index contributed by atoms with van der Waals surface area (Å²) in [5, 5.41) is 9.96. The van der Waals surface area contributed by atoms with Crippen LogP contribution in [0, 0.1) is 0 Å². The third-order valence-corrected chi connectivity index (χ3v) is 6.57. The third kappa shape index (κ3) is 3.66. The number of para-hydroxylation sites is 1. The van der Waals surface area contributed by atoms with Crippen LogP contribution in [0.2, 0.25) is 0 Å². The quantitative estimate of drug-likeness (QED) is 0.281. The van der Waals surface area contributed by atoms with Crippen LogP contribution in [0.15, 0.2) is 96.3 Å². The van der Waals surface area contributed by atoms with Crippen LogP contribution in [-0.4, -0.2) is 25.5 Å². The third-order valence-electron chi connectivity index (χ3n) is 5.29. The number of hydrogen-bond donors (Lipinski definition) is 1. The van der Waals surface area contributed by atoms with Gasteiger partial charge in [0.05, 0.1) is 0 Å². The molecule has 3 aromatic carbocycles. The first-order valence-electron chi connectivity index (χ1n) is 9.99. The lowest BCUT2D eigenvalue weighted by molar-refractivity contribution is 0.0991. The van der Waals surface area contributed by atoms with Crippen LogP contribution in [-0.2, 0) is 7.05 Å². The van der Waals surface area contributed by atoms with Gasteiger partial charge in [-0.2, -0.15) is 0 Å². The molecule has 1 atom stereocenters. The van der Waals surface area contributed by atoms with E-state index in [1.54, 1.807) is 6.20 Å². The van der Waals surface area contributed by atoms with Gasteiger partial charge in [-0.15, -0.1) is 10.2 Å². The maximum Gasteiger partial charge on any atom is 0.192 e. The first-order valence-corrected chi connectivity index (χ1v) is 10.9. The lowest BCUT2D eigenvalue weighted by Crippen LogP contribution is -2.11. The summed E-state index contributed by atoms with van der Waals surface area (Å²) in [6, 6.07) is 27.6. The predicted molar refractivity (Wildman–Crippen MR) is 124 cm³/mol. The summed E-state index contributed by atoms with van der Waals surface area (Å²) >= 11 is 1.42. The van der Waals surface area contributed by atoms with Crippen molar-refractivity contribution in [3.05, 3.63) is 102 Å². The van der Waals surface area contributed by atoms with Crippen molar-refractivity contribution in [2.24, 2.45) is 7.05 Å². The minimum atomic E-state index is -0.438. The topological polar surface area (TPSA) is 63.6 Å².